The van der Waals surface area contributed by atoms with E-state index in [9.17, 15) is 0 Å². The van der Waals surface area contributed by atoms with E-state index in [1.165, 1.54) is 12.0 Å². The van der Waals surface area contributed by atoms with E-state index in [0.717, 1.165) is 47.4 Å². The minimum absolute atomic E-state index is 0.510. The van der Waals surface area contributed by atoms with Gasteiger partial charge in [-0.15, -0.1) is 10.2 Å². The number of halogens is 1. The molecule has 132 valence electrons. The zero-order valence-corrected chi connectivity index (χ0v) is 16.0. The molecule has 1 aliphatic rings. The van der Waals surface area contributed by atoms with Crippen LogP contribution < -0.4 is 0 Å². The van der Waals surface area contributed by atoms with Gasteiger partial charge in [0.2, 0.25) is 5.16 Å². The number of aromatic nitrogens is 3. The van der Waals surface area contributed by atoms with E-state index < -0.39 is 0 Å². The van der Waals surface area contributed by atoms with Crippen molar-refractivity contribution in [1.29, 1.82) is 0 Å². The van der Waals surface area contributed by atoms with Gasteiger partial charge in [0.05, 0.1) is 0 Å². The van der Waals surface area contributed by atoms with Crippen molar-refractivity contribution in [1.82, 2.24) is 14.9 Å². The first-order chi connectivity index (χ1) is 12.3. The number of aryl methyl sites for hydroxylation is 1. The number of nitrogens with zero attached hydrogens (tertiary/aromatic N) is 4. The molecule has 6 heteroatoms. The molecule has 0 saturated heterocycles. The van der Waals surface area contributed by atoms with Crippen LogP contribution in [-0.4, -0.2) is 21.1 Å². The van der Waals surface area contributed by atoms with E-state index in [1.807, 2.05) is 28.9 Å². The van der Waals surface area contributed by atoms with Crippen LogP contribution >= 0.6 is 23.4 Å². The standard InChI is InChI=1S/C19H23ClN4S/c1-2-6-18-22-23-19(25-14-16-9-11-17(20)12-10-16)24(18)21-13-15-7-4-3-5-8-15/h3-4,9-13,15H,2,5-8,14H2,1H3/b21-13-/t15-/m0/s1. The van der Waals surface area contributed by atoms with Gasteiger partial charge in [-0.3, -0.25) is 0 Å². The third-order valence-electron chi connectivity index (χ3n) is 4.13. The van der Waals surface area contributed by atoms with E-state index >= 15 is 0 Å². The first-order valence-corrected chi connectivity index (χ1v) is 10.1. The molecule has 0 spiro atoms. The molecular weight excluding hydrogens is 352 g/mol. The lowest BCUT2D eigenvalue weighted by atomic mass is 9.96. The summed E-state index contributed by atoms with van der Waals surface area (Å²) in [5.41, 5.74) is 1.21. The van der Waals surface area contributed by atoms with Gasteiger partial charge in [0.15, 0.2) is 5.82 Å². The van der Waals surface area contributed by atoms with Crippen molar-refractivity contribution in [2.75, 3.05) is 0 Å². The average Bonchev–Trinajstić information content (AvgIpc) is 3.02. The van der Waals surface area contributed by atoms with Gasteiger partial charge in [-0.2, -0.15) is 9.78 Å². The molecule has 0 N–H and O–H groups in total. The Labute approximate surface area is 158 Å². The van der Waals surface area contributed by atoms with Gasteiger partial charge in [-0.05, 0) is 49.3 Å². The third kappa shape index (κ3) is 5.19. The molecule has 3 rings (SSSR count). The summed E-state index contributed by atoms with van der Waals surface area (Å²) < 4.78 is 1.92. The smallest absolute Gasteiger partial charge is 0.192 e. The summed E-state index contributed by atoms with van der Waals surface area (Å²) in [7, 11) is 0. The van der Waals surface area contributed by atoms with Crippen molar-refractivity contribution < 1.29 is 0 Å². The lowest BCUT2D eigenvalue weighted by Gasteiger charge is -2.12. The second-order valence-electron chi connectivity index (χ2n) is 6.18. The van der Waals surface area contributed by atoms with Gasteiger partial charge >= 0.3 is 0 Å². The number of thioether (sulfide) groups is 1. The van der Waals surface area contributed by atoms with Crippen LogP contribution in [0.4, 0.5) is 0 Å². The van der Waals surface area contributed by atoms with Crippen LogP contribution in [-0.2, 0) is 12.2 Å². The third-order valence-corrected chi connectivity index (χ3v) is 5.38. The maximum atomic E-state index is 5.95. The molecule has 1 atom stereocenters. The largest absolute Gasteiger partial charge is 0.212 e. The molecule has 2 aromatic rings. The summed E-state index contributed by atoms with van der Waals surface area (Å²) in [5.74, 6) is 2.27. The fourth-order valence-corrected chi connectivity index (χ4v) is 3.71. The Balaban J connectivity index is 1.72. The predicted molar refractivity (Wildman–Crippen MR) is 105 cm³/mol. The predicted octanol–water partition coefficient (Wildman–Crippen LogP) is 5.37. The van der Waals surface area contributed by atoms with Crippen LogP contribution in [0.25, 0.3) is 0 Å². The Morgan fingerprint density at radius 1 is 1.28 bits per heavy atom. The van der Waals surface area contributed by atoms with Crippen molar-refractivity contribution in [2.24, 2.45) is 11.0 Å². The van der Waals surface area contributed by atoms with Gasteiger partial charge in [-0.25, -0.2) is 0 Å². The molecule has 1 aromatic heterocycles. The zero-order valence-electron chi connectivity index (χ0n) is 14.4. The highest BCUT2D eigenvalue weighted by atomic mass is 35.5. The molecule has 1 aliphatic carbocycles. The molecule has 0 amide bonds. The van der Waals surface area contributed by atoms with E-state index in [1.54, 1.807) is 11.8 Å². The van der Waals surface area contributed by atoms with Crippen molar-refractivity contribution in [3.8, 4) is 0 Å². The molecule has 0 aliphatic heterocycles. The lowest BCUT2D eigenvalue weighted by Crippen LogP contribution is -2.07. The molecule has 0 fully saturated rings. The number of allylic oxidation sites excluding steroid dienone is 2. The first kappa shape index (κ1) is 18.2. The molecule has 0 unspecified atom stereocenters. The van der Waals surface area contributed by atoms with Crippen LogP contribution in [0.5, 0.6) is 0 Å². The van der Waals surface area contributed by atoms with Gasteiger partial charge in [0, 0.05) is 23.4 Å². The second-order valence-corrected chi connectivity index (χ2v) is 7.56. The van der Waals surface area contributed by atoms with Crippen LogP contribution in [0.1, 0.15) is 44.0 Å². The highest BCUT2D eigenvalue weighted by Crippen LogP contribution is 2.24. The zero-order chi connectivity index (χ0) is 17.5. The summed E-state index contributed by atoms with van der Waals surface area (Å²) in [5, 5.41) is 15.0. The summed E-state index contributed by atoms with van der Waals surface area (Å²) in [4.78, 5) is 0. The van der Waals surface area contributed by atoms with Gasteiger partial charge in [0.25, 0.3) is 0 Å². The summed E-state index contributed by atoms with van der Waals surface area (Å²) in [6, 6.07) is 7.92. The topological polar surface area (TPSA) is 43.1 Å². The summed E-state index contributed by atoms with van der Waals surface area (Å²) in [6.45, 7) is 2.15. The van der Waals surface area contributed by atoms with E-state index in [4.69, 9.17) is 16.7 Å². The fraction of sp³-hybridized carbons (Fsp3) is 0.421. The molecule has 4 nitrogen and oxygen atoms in total. The van der Waals surface area contributed by atoms with Crippen LogP contribution in [0.3, 0.4) is 0 Å². The SMILES string of the molecule is CCCc1nnc(SCc2ccc(Cl)cc2)n1/N=C\[C@H]1CC=CCC1. The minimum Gasteiger partial charge on any atom is -0.192 e. The maximum absolute atomic E-state index is 5.95. The number of benzene rings is 1. The quantitative estimate of drug-likeness (QED) is 0.372. The van der Waals surface area contributed by atoms with Crippen molar-refractivity contribution >= 4 is 29.6 Å². The van der Waals surface area contributed by atoms with E-state index in [2.05, 4.69) is 35.5 Å². The van der Waals surface area contributed by atoms with Crippen LogP contribution in [0, 0.1) is 5.92 Å². The van der Waals surface area contributed by atoms with Crippen molar-refractivity contribution in [2.45, 2.75) is 49.9 Å². The van der Waals surface area contributed by atoms with Gasteiger partial charge in [-0.1, -0.05) is 54.6 Å². The lowest BCUT2D eigenvalue weighted by molar-refractivity contribution is 0.614. The highest BCUT2D eigenvalue weighted by molar-refractivity contribution is 7.98. The Morgan fingerprint density at radius 2 is 2.12 bits per heavy atom. The summed E-state index contributed by atoms with van der Waals surface area (Å²) >= 11 is 7.61. The van der Waals surface area contributed by atoms with Crippen LogP contribution in [0.2, 0.25) is 5.02 Å². The van der Waals surface area contributed by atoms with Crippen molar-refractivity contribution in [3.05, 3.63) is 52.8 Å². The molecule has 0 radical (unpaired) electrons. The molecule has 0 bridgehead atoms. The minimum atomic E-state index is 0.510. The summed E-state index contributed by atoms with van der Waals surface area (Å²) in [6.07, 6.45) is 11.9. The van der Waals surface area contributed by atoms with Crippen molar-refractivity contribution in [3.63, 3.8) is 0 Å². The normalized spacial score (nSPS) is 17.4. The van der Waals surface area contributed by atoms with E-state index in [-0.39, 0.29) is 0 Å². The second kappa shape index (κ2) is 9.20. The number of rotatable bonds is 7. The Kier molecular flexibility index (Phi) is 6.70. The first-order valence-electron chi connectivity index (χ1n) is 8.77. The molecule has 25 heavy (non-hydrogen) atoms. The highest BCUT2D eigenvalue weighted by Gasteiger charge is 2.13. The monoisotopic (exact) mass is 374 g/mol. The number of hydrogen-bond acceptors (Lipinski definition) is 4. The molecule has 1 heterocycles. The molecule has 0 saturated carbocycles. The Bertz CT molecular complexity index is 736. The molecular formula is C19H23ClN4S. The van der Waals surface area contributed by atoms with E-state index in [0.29, 0.717) is 5.92 Å². The fourth-order valence-electron chi connectivity index (χ4n) is 2.72. The Hall–Kier alpha value is -1.59. The van der Waals surface area contributed by atoms with Gasteiger partial charge < -0.3 is 0 Å². The Morgan fingerprint density at radius 3 is 2.84 bits per heavy atom. The number of hydrogen-bond donors (Lipinski definition) is 0. The average molecular weight is 375 g/mol. The van der Waals surface area contributed by atoms with Gasteiger partial charge in [0.1, 0.15) is 0 Å². The molecule has 1 aromatic carbocycles. The maximum Gasteiger partial charge on any atom is 0.212 e. The van der Waals surface area contributed by atoms with Crippen LogP contribution in [0.15, 0.2) is 46.7 Å².